The monoisotopic (exact) mass is 261 g/mol. The zero-order chi connectivity index (χ0) is 13.4. The van der Waals surface area contributed by atoms with Gasteiger partial charge in [0.2, 0.25) is 0 Å². The molecule has 2 heterocycles. The molecule has 5 unspecified atom stereocenters. The molecular weight excluding hydrogens is 245 g/mol. The molecule has 5 N–H and O–H groups in total. The first-order valence-corrected chi connectivity index (χ1v) is 5.57. The van der Waals surface area contributed by atoms with E-state index >= 15 is 0 Å². The zero-order valence-corrected chi connectivity index (χ0v) is 9.78. The fourth-order valence-corrected chi connectivity index (χ4v) is 1.95. The summed E-state index contributed by atoms with van der Waals surface area (Å²) < 4.78 is 19.0. The number of carbonyl (C=O) groups excluding carboxylic acids is 1. The summed E-state index contributed by atoms with van der Waals surface area (Å²) in [6.07, 6.45) is -4.79. The number of amides is 2. The molecular formula is C10H16FN3O4. The topological polar surface area (TPSA) is 108 Å². The summed E-state index contributed by atoms with van der Waals surface area (Å²) in [5, 5.41) is 20.9. The summed E-state index contributed by atoms with van der Waals surface area (Å²) >= 11 is 0. The number of nitrogens with one attached hydrogen (secondary N) is 1. The maximum atomic E-state index is 13.8. The van der Waals surface area contributed by atoms with Gasteiger partial charge in [0, 0.05) is 6.20 Å². The van der Waals surface area contributed by atoms with Gasteiger partial charge in [-0.1, -0.05) is 0 Å². The summed E-state index contributed by atoms with van der Waals surface area (Å²) in [6.45, 7) is 1.16. The molecule has 0 radical (unpaired) electrons. The average molecular weight is 261 g/mol. The number of hydrogen-bond donors (Lipinski definition) is 4. The molecule has 0 saturated carbocycles. The highest BCUT2D eigenvalue weighted by Crippen LogP contribution is 2.28. The van der Waals surface area contributed by atoms with E-state index in [4.69, 9.17) is 15.6 Å². The maximum Gasteiger partial charge on any atom is 0.325 e. The summed E-state index contributed by atoms with van der Waals surface area (Å²) in [4.78, 5) is 12.7. The molecule has 2 aliphatic rings. The van der Waals surface area contributed by atoms with Crippen molar-refractivity contribution in [3.8, 4) is 0 Å². The second kappa shape index (κ2) is 4.81. The Morgan fingerprint density at radius 3 is 2.89 bits per heavy atom. The van der Waals surface area contributed by atoms with Gasteiger partial charge in [-0.2, -0.15) is 0 Å². The number of urea groups is 1. The number of halogens is 1. The van der Waals surface area contributed by atoms with E-state index in [1.54, 1.807) is 6.92 Å². The third kappa shape index (κ3) is 2.07. The predicted octanol–water partition coefficient (Wildman–Crippen LogP) is -1.38. The molecule has 5 atom stereocenters. The summed E-state index contributed by atoms with van der Waals surface area (Å²) in [7, 11) is 0. The number of carbonyl (C=O) groups is 1. The van der Waals surface area contributed by atoms with Crippen LogP contribution in [0.3, 0.4) is 0 Å². The zero-order valence-electron chi connectivity index (χ0n) is 9.78. The van der Waals surface area contributed by atoms with Gasteiger partial charge in [-0.3, -0.25) is 4.90 Å². The van der Waals surface area contributed by atoms with Crippen molar-refractivity contribution in [1.29, 1.82) is 0 Å². The van der Waals surface area contributed by atoms with E-state index in [1.165, 1.54) is 6.20 Å². The number of aliphatic hydroxyl groups excluding tert-OH is 2. The minimum atomic E-state index is -1.79. The average Bonchev–Trinajstić information content (AvgIpc) is 2.61. The lowest BCUT2D eigenvalue weighted by Crippen LogP contribution is -2.56. The number of nitrogens with zero attached hydrogens (tertiary/aromatic N) is 1. The van der Waals surface area contributed by atoms with Crippen LogP contribution in [-0.4, -0.2) is 58.5 Å². The van der Waals surface area contributed by atoms with Crippen molar-refractivity contribution in [3.05, 3.63) is 11.8 Å². The van der Waals surface area contributed by atoms with Crippen molar-refractivity contribution in [3.63, 3.8) is 0 Å². The van der Waals surface area contributed by atoms with Gasteiger partial charge < -0.3 is 26.0 Å². The molecule has 2 rings (SSSR count). The molecule has 2 aliphatic heterocycles. The van der Waals surface area contributed by atoms with E-state index in [9.17, 15) is 14.3 Å². The standard InChI is InChI=1S/C10H16FN3O4/c1-4-2-14(10(17)13-8(4)12)9-6(11)7(16)5(3-15)18-9/h2,5-9,15-16H,3,12H2,1H3,(H,13,17). The fraction of sp³-hybridized carbons (Fsp3) is 0.700. The highest BCUT2D eigenvalue weighted by molar-refractivity contribution is 5.77. The van der Waals surface area contributed by atoms with Gasteiger partial charge in [-0.05, 0) is 12.5 Å². The highest BCUT2D eigenvalue weighted by atomic mass is 19.1. The third-order valence-corrected chi connectivity index (χ3v) is 3.09. The van der Waals surface area contributed by atoms with E-state index in [1.807, 2.05) is 0 Å². The van der Waals surface area contributed by atoms with Gasteiger partial charge in [0.05, 0.1) is 6.61 Å². The highest BCUT2D eigenvalue weighted by Gasteiger charge is 2.48. The normalized spacial score (nSPS) is 40.7. The second-order valence-electron chi connectivity index (χ2n) is 4.39. The Kier molecular flexibility index (Phi) is 3.53. The van der Waals surface area contributed by atoms with Crippen molar-refractivity contribution in [2.75, 3.05) is 6.61 Å². The van der Waals surface area contributed by atoms with Gasteiger partial charge >= 0.3 is 6.03 Å². The van der Waals surface area contributed by atoms with E-state index in [-0.39, 0.29) is 0 Å². The number of hydrogen-bond acceptors (Lipinski definition) is 5. The van der Waals surface area contributed by atoms with Crippen molar-refractivity contribution < 1.29 is 24.1 Å². The van der Waals surface area contributed by atoms with Crippen LogP contribution < -0.4 is 11.1 Å². The van der Waals surface area contributed by atoms with Gasteiger partial charge in [0.15, 0.2) is 12.4 Å². The van der Waals surface area contributed by atoms with Crippen molar-refractivity contribution in [1.82, 2.24) is 10.2 Å². The Morgan fingerprint density at radius 1 is 1.67 bits per heavy atom. The molecule has 18 heavy (non-hydrogen) atoms. The molecule has 0 bridgehead atoms. The molecule has 8 heteroatoms. The molecule has 0 aliphatic carbocycles. The van der Waals surface area contributed by atoms with Crippen LogP contribution in [0.15, 0.2) is 11.8 Å². The maximum absolute atomic E-state index is 13.8. The lowest BCUT2D eigenvalue weighted by atomic mass is 10.1. The summed E-state index contributed by atoms with van der Waals surface area (Å²) in [5.74, 6) is 0. The van der Waals surface area contributed by atoms with Crippen LogP contribution in [0.5, 0.6) is 0 Å². The molecule has 1 saturated heterocycles. The largest absolute Gasteiger partial charge is 0.394 e. The number of alkyl halides is 1. The van der Waals surface area contributed by atoms with Crippen LogP contribution in [-0.2, 0) is 4.74 Å². The second-order valence-corrected chi connectivity index (χ2v) is 4.39. The first-order valence-electron chi connectivity index (χ1n) is 5.57. The van der Waals surface area contributed by atoms with Crippen molar-refractivity contribution >= 4 is 6.03 Å². The van der Waals surface area contributed by atoms with Crippen LogP contribution in [0.2, 0.25) is 0 Å². The Balaban J connectivity index is 2.19. The Labute approximate surface area is 103 Å². The van der Waals surface area contributed by atoms with Gasteiger partial charge in [-0.25, -0.2) is 9.18 Å². The Hall–Kier alpha value is -1.22. The molecule has 0 spiro atoms. The van der Waals surface area contributed by atoms with E-state index in [0.29, 0.717) is 5.57 Å². The Morgan fingerprint density at radius 2 is 2.33 bits per heavy atom. The summed E-state index contributed by atoms with van der Waals surface area (Å²) in [6, 6.07) is -0.605. The van der Waals surface area contributed by atoms with Crippen LogP contribution in [0.25, 0.3) is 0 Å². The number of rotatable bonds is 2. The smallest absolute Gasteiger partial charge is 0.325 e. The van der Waals surface area contributed by atoms with Gasteiger partial charge in [0.25, 0.3) is 0 Å². The fourth-order valence-electron chi connectivity index (χ4n) is 1.95. The van der Waals surface area contributed by atoms with Crippen LogP contribution in [0.1, 0.15) is 6.92 Å². The van der Waals surface area contributed by atoms with Gasteiger partial charge in [-0.15, -0.1) is 0 Å². The van der Waals surface area contributed by atoms with Crippen molar-refractivity contribution in [2.45, 2.75) is 37.7 Å². The van der Waals surface area contributed by atoms with Crippen LogP contribution >= 0.6 is 0 Å². The Bertz CT molecular complexity index is 378. The minimum absolute atomic E-state index is 0.518. The number of ether oxygens (including phenoxy) is 1. The van der Waals surface area contributed by atoms with Crippen LogP contribution in [0, 0.1) is 0 Å². The van der Waals surface area contributed by atoms with Crippen molar-refractivity contribution in [2.24, 2.45) is 5.73 Å². The van der Waals surface area contributed by atoms with Crippen LogP contribution in [0.4, 0.5) is 9.18 Å². The minimum Gasteiger partial charge on any atom is -0.394 e. The predicted molar refractivity (Wildman–Crippen MR) is 58.8 cm³/mol. The first kappa shape index (κ1) is 13.2. The molecule has 102 valence electrons. The number of nitrogens with two attached hydrogens (primary N) is 1. The van der Waals surface area contributed by atoms with E-state index in [2.05, 4.69) is 5.32 Å². The molecule has 7 nitrogen and oxygen atoms in total. The SMILES string of the molecule is CC1=CN(C2OC(CO)C(O)C2F)C(=O)NC1N. The molecule has 0 aromatic carbocycles. The lowest BCUT2D eigenvalue weighted by molar-refractivity contribution is -0.0591. The van der Waals surface area contributed by atoms with Gasteiger partial charge in [0.1, 0.15) is 18.4 Å². The molecule has 0 aromatic rings. The quantitative estimate of drug-likeness (QED) is 0.490. The summed E-state index contributed by atoms with van der Waals surface area (Å²) in [5.41, 5.74) is 6.23. The number of aliphatic hydroxyl groups is 2. The molecule has 0 aromatic heterocycles. The van der Waals surface area contributed by atoms with E-state index in [0.717, 1.165) is 4.90 Å². The molecule has 2 amide bonds. The lowest BCUT2D eigenvalue weighted by Gasteiger charge is -2.33. The molecule has 1 fully saturated rings. The third-order valence-electron chi connectivity index (χ3n) is 3.09. The first-order chi connectivity index (χ1) is 8.45. The van der Waals surface area contributed by atoms with E-state index < -0.39 is 43.4 Å².